The highest BCUT2D eigenvalue weighted by atomic mass is 15.2. The molecule has 100 valence electrons. The van der Waals surface area contributed by atoms with Crippen LogP contribution in [0.2, 0.25) is 0 Å². The Morgan fingerprint density at radius 3 is 3.06 bits per heavy atom. The molecule has 0 saturated carbocycles. The van der Waals surface area contributed by atoms with Crippen LogP contribution in [0.5, 0.6) is 0 Å². The first-order valence-corrected chi connectivity index (χ1v) is 7.21. The zero-order valence-electron chi connectivity index (χ0n) is 11.8. The Morgan fingerprint density at radius 2 is 2.33 bits per heavy atom. The number of likely N-dealkylation sites (tertiary alicyclic amines) is 1. The van der Waals surface area contributed by atoms with Crippen molar-refractivity contribution < 1.29 is 0 Å². The maximum atomic E-state index is 4.54. The third-order valence-electron chi connectivity index (χ3n) is 3.96. The predicted molar refractivity (Wildman–Crippen MR) is 76.8 cm³/mol. The largest absolute Gasteiger partial charge is 0.367 e. The van der Waals surface area contributed by atoms with E-state index in [1.165, 1.54) is 24.9 Å². The van der Waals surface area contributed by atoms with Gasteiger partial charge in [0.1, 0.15) is 5.82 Å². The highest BCUT2D eigenvalue weighted by Crippen LogP contribution is 2.34. The van der Waals surface area contributed by atoms with Gasteiger partial charge in [-0.15, -0.1) is 0 Å². The molecule has 0 radical (unpaired) electrons. The fourth-order valence-electron chi connectivity index (χ4n) is 2.70. The average Bonchev–Trinajstić information content (AvgIpc) is 2.87. The van der Waals surface area contributed by atoms with Crippen molar-refractivity contribution in [3.8, 4) is 0 Å². The van der Waals surface area contributed by atoms with Crippen LogP contribution < -0.4 is 5.32 Å². The molecule has 0 bridgehead atoms. The van der Waals surface area contributed by atoms with Gasteiger partial charge in [-0.05, 0) is 45.3 Å². The van der Waals surface area contributed by atoms with E-state index in [4.69, 9.17) is 0 Å². The van der Waals surface area contributed by atoms with Gasteiger partial charge in [0.25, 0.3) is 0 Å². The molecule has 1 aliphatic heterocycles. The second-order valence-corrected chi connectivity index (χ2v) is 5.18. The number of anilines is 1. The molecule has 2 heterocycles. The molecule has 18 heavy (non-hydrogen) atoms. The zero-order valence-corrected chi connectivity index (χ0v) is 11.8. The van der Waals surface area contributed by atoms with E-state index in [0.717, 1.165) is 18.8 Å². The van der Waals surface area contributed by atoms with Crippen LogP contribution in [0, 0.1) is 0 Å². The first-order valence-electron chi connectivity index (χ1n) is 7.21. The van der Waals surface area contributed by atoms with Crippen LogP contribution in [0.25, 0.3) is 0 Å². The van der Waals surface area contributed by atoms with E-state index in [0.29, 0.717) is 12.1 Å². The van der Waals surface area contributed by atoms with Crippen LogP contribution in [0.15, 0.2) is 18.3 Å². The summed E-state index contributed by atoms with van der Waals surface area (Å²) in [5.74, 6) is 1.08. The van der Waals surface area contributed by atoms with E-state index in [2.05, 4.69) is 48.1 Å². The number of hydrogen-bond acceptors (Lipinski definition) is 3. The lowest BCUT2D eigenvalue weighted by atomic mass is 10.0. The van der Waals surface area contributed by atoms with Crippen LogP contribution >= 0.6 is 0 Å². The molecular weight excluding hydrogens is 222 g/mol. The van der Waals surface area contributed by atoms with Gasteiger partial charge in [-0.2, -0.15) is 0 Å². The maximum absolute atomic E-state index is 4.54. The second kappa shape index (κ2) is 6.19. The first kappa shape index (κ1) is 13.3. The summed E-state index contributed by atoms with van der Waals surface area (Å²) in [6.07, 6.45) is 5.57. The summed E-state index contributed by atoms with van der Waals surface area (Å²) in [6, 6.07) is 5.32. The van der Waals surface area contributed by atoms with Crippen molar-refractivity contribution in [3.05, 3.63) is 23.9 Å². The summed E-state index contributed by atoms with van der Waals surface area (Å²) in [6.45, 7) is 9.01. The SMILES string of the molecule is CC[C@@H](C)Nc1ncccc1[C@H]1CCCN1CC. The number of aromatic nitrogens is 1. The lowest BCUT2D eigenvalue weighted by Gasteiger charge is -2.25. The molecule has 1 aliphatic rings. The number of rotatable bonds is 5. The molecule has 1 aromatic rings. The van der Waals surface area contributed by atoms with Crippen molar-refractivity contribution in [2.45, 2.75) is 52.1 Å². The highest BCUT2D eigenvalue weighted by molar-refractivity contribution is 5.46. The quantitative estimate of drug-likeness (QED) is 0.864. The first-order chi connectivity index (χ1) is 8.76. The Hall–Kier alpha value is -1.09. The Labute approximate surface area is 111 Å². The minimum absolute atomic E-state index is 0.482. The van der Waals surface area contributed by atoms with Crippen molar-refractivity contribution in [2.24, 2.45) is 0 Å². The molecule has 0 unspecified atom stereocenters. The Bertz CT molecular complexity index is 378. The van der Waals surface area contributed by atoms with Gasteiger partial charge in [-0.1, -0.05) is 19.9 Å². The van der Waals surface area contributed by atoms with E-state index in [1.807, 2.05) is 6.20 Å². The van der Waals surface area contributed by atoms with Gasteiger partial charge < -0.3 is 5.32 Å². The summed E-state index contributed by atoms with van der Waals surface area (Å²) in [5, 5.41) is 3.54. The highest BCUT2D eigenvalue weighted by Gasteiger charge is 2.27. The van der Waals surface area contributed by atoms with Crippen molar-refractivity contribution in [1.82, 2.24) is 9.88 Å². The molecule has 1 fully saturated rings. The third kappa shape index (κ3) is 2.83. The summed E-state index contributed by atoms with van der Waals surface area (Å²) < 4.78 is 0. The molecule has 1 aromatic heterocycles. The molecule has 1 saturated heterocycles. The average molecular weight is 247 g/mol. The van der Waals surface area contributed by atoms with Crippen molar-refractivity contribution in [1.29, 1.82) is 0 Å². The molecular formula is C15H25N3. The standard InChI is InChI=1S/C15H25N3/c1-4-12(3)17-15-13(8-6-10-16-15)14-9-7-11-18(14)5-2/h6,8,10,12,14H,4-5,7,9,11H2,1-3H3,(H,16,17)/t12-,14-/m1/s1. The lowest BCUT2D eigenvalue weighted by Crippen LogP contribution is -2.25. The zero-order chi connectivity index (χ0) is 13.0. The van der Waals surface area contributed by atoms with E-state index in [9.17, 15) is 0 Å². The summed E-state index contributed by atoms with van der Waals surface area (Å²) in [4.78, 5) is 7.10. The monoisotopic (exact) mass is 247 g/mol. The van der Waals surface area contributed by atoms with Gasteiger partial charge in [0.2, 0.25) is 0 Å². The van der Waals surface area contributed by atoms with Crippen LogP contribution in [0.1, 0.15) is 51.6 Å². The Kier molecular flexibility index (Phi) is 4.59. The molecule has 0 spiro atoms. The minimum Gasteiger partial charge on any atom is -0.367 e. The third-order valence-corrected chi connectivity index (χ3v) is 3.96. The fourth-order valence-corrected chi connectivity index (χ4v) is 2.70. The number of nitrogens with zero attached hydrogens (tertiary/aromatic N) is 2. The molecule has 0 amide bonds. The van der Waals surface area contributed by atoms with E-state index < -0.39 is 0 Å². The molecule has 2 atom stereocenters. The fraction of sp³-hybridized carbons (Fsp3) is 0.667. The van der Waals surface area contributed by atoms with Crippen LogP contribution in [0.4, 0.5) is 5.82 Å². The van der Waals surface area contributed by atoms with E-state index >= 15 is 0 Å². The summed E-state index contributed by atoms with van der Waals surface area (Å²) in [7, 11) is 0. The van der Waals surface area contributed by atoms with E-state index in [-0.39, 0.29) is 0 Å². The second-order valence-electron chi connectivity index (χ2n) is 5.18. The van der Waals surface area contributed by atoms with Gasteiger partial charge in [0, 0.05) is 23.8 Å². The smallest absolute Gasteiger partial charge is 0.130 e. The van der Waals surface area contributed by atoms with Crippen molar-refractivity contribution in [2.75, 3.05) is 18.4 Å². The normalized spacial score (nSPS) is 22.1. The number of pyridine rings is 1. The maximum Gasteiger partial charge on any atom is 0.130 e. The van der Waals surface area contributed by atoms with Gasteiger partial charge in [0.15, 0.2) is 0 Å². The van der Waals surface area contributed by atoms with Gasteiger partial charge >= 0.3 is 0 Å². The summed E-state index contributed by atoms with van der Waals surface area (Å²) in [5.41, 5.74) is 1.37. The Morgan fingerprint density at radius 1 is 1.50 bits per heavy atom. The molecule has 0 aromatic carbocycles. The molecule has 3 heteroatoms. The van der Waals surface area contributed by atoms with Crippen molar-refractivity contribution in [3.63, 3.8) is 0 Å². The van der Waals surface area contributed by atoms with E-state index in [1.54, 1.807) is 0 Å². The number of nitrogens with one attached hydrogen (secondary N) is 1. The summed E-state index contributed by atoms with van der Waals surface area (Å²) >= 11 is 0. The predicted octanol–water partition coefficient (Wildman–Crippen LogP) is 3.45. The molecule has 0 aliphatic carbocycles. The van der Waals surface area contributed by atoms with Gasteiger partial charge in [-0.25, -0.2) is 4.98 Å². The molecule has 2 rings (SSSR count). The number of hydrogen-bond donors (Lipinski definition) is 1. The topological polar surface area (TPSA) is 28.2 Å². The van der Waals surface area contributed by atoms with Crippen LogP contribution in [-0.4, -0.2) is 29.0 Å². The lowest BCUT2D eigenvalue weighted by molar-refractivity contribution is 0.271. The molecule has 3 nitrogen and oxygen atoms in total. The van der Waals surface area contributed by atoms with Crippen LogP contribution in [-0.2, 0) is 0 Å². The van der Waals surface area contributed by atoms with Gasteiger partial charge in [0.05, 0.1) is 0 Å². The minimum atomic E-state index is 0.482. The Balaban J connectivity index is 2.21. The molecule has 1 N–H and O–H groups in total. The van der Waals surface area contributed by atoms with Crippen molar-refractivity contribution >= 4 is 5.82 Å². The van der Waals surface area contributed by atoms with Gasteiger partial charge in [-0.3, -0.25) is 4.90 Å². The van der Waals surface area contributed by atoms with Crippen LogP contribution in [0.3, 0.4) is 0 Å².